The first-order valence-electron chi connectivity index (χ1n) is 5.49. The number of aryl methyl sites for hydroxylation is 1. The summed E-state index contributed by atoms with van der Waals surface area (Å²) in [6, 6.07) is 8.75. The Morgan fingerprint density at radius 3 is 2.33 bits per heavy atom. The second kappa shape index (κ2) is 5.76. The van der Waals surface area contributed by atoms with Crippen LogP contribution in [0.15, 0.2) is 24.3 Å². The van der Waals surface area contributed by atoms with E-state index in [1.807, 2.05) is 12.1 Å². The normalized spacial score (nSPS) is 11.1. The topological polar surface area (TPSA) is 12.5 Å². The SMILES string of the molecule is Cc1ccc(OCCN(C)C(C)C)cc1. The fraction of sp³-hybridized carbons (Fsp3) is 0.538. The molecule has 0 aromatic heterocycles. The lowest BCUT2D eigenvalue weighted by Gasteiger charge is -2.20. The van der Waals surface area contributed by atoms with Crippen LogP contribution in [0, 0.1) is 6.92 Å². The molecule has 15 heavy (non-hydrogen) atoms. The van der Waals surface area contributed by atoms with Crippen molar-refractivity contribution in [3.8, 4) is 5.75 Å². The van der Waals surface area contributed by atoms with Gasteiger partial charge in [-0.05, 0) is 40.0 Å². The predicted molar refractivity (Wildman–Crippen MR) is 64.4 cm³/mol. The highest BCUT2D eigenvalue weighted by molar-refractivity contribution is 5.26. The maximum absolute atomic E-state index is 5.64. The number of likely N-dealkylation sites (N-methyl/N-ethyl adjacent to an activating group) is 1. The molecule has 0 saturated carbocycles. The van der Waals surface area contributed by atoms with Gasteiger partial charge in [0.05, 0.1) is 0 Å². The lowest BCUT2D eigenvalue weighted by Crippen LogP contribution is -2.30. The summed E-state index contributed by atoms with van der Waals surface area (Å²) in [7, 11) is 2.11. The van der Waals surface area contributed by atoms with Gasteiger partial charge in [-0.15, -0.1) is 0 Å². The summed E-state index contributed by atoms with van der Waals surface area (Å²) in [5.41, 5.74) is 1.27. The number of hydrogen-bond donors (Lipinski definition) is 0. The third kappa shape index (κ3) is 4.34. The first-order chi connectivity index (χ1) is 7.09. The molecule has 0 heterocycles. The zero-order chi connectivity index (χ0) is 11.3. The Kier molecular flexibility index (Phi) is 4.63. The largest absolute Gasteiger partial charge is 0.492 e. The Morgan fingerprint density at radius 1 is 1.20 bits per heavy atom. The molecule has 0 spiro atoms. The van der Waals surface area contributed by atoms with Crippen LogP contribution in [-0.4, -0.2) is 31.1 Å². The average Bonchev–Trinajstić information content (AvgIpc) is 2.20. The van der Waals surface area contributed by atoms with E-state index in [0.29, 0.717) is 6.04 Å². The molecule has 0 aliphatic heterocycles. The molecule has 1 rings (SSSR count). The monoisotopic (exact) mass is 207 g/mol. The fourth-order valence-electron chi connectivity index (χ4n) is 1.20. The summed E-state index contributed by atoms with van der Waals surface area (Å²) >= 11 is 0. The Balaban J connectivity index is 2.29. The van der Waals surface area contributed by atoms with Gasteiger partial charge in [-0.3, -0.25) is 0 Å². The maximum Gasteiger partial charge on any atom is 0.119 e. The highest BCUT2D eigenvalue weighted by atomic mass is 16.5. The van der Waals surface area contributed by atoms with Gasteiger partial charge in [-0.2, -0.15) is 0 Å². The molecule has 0 bridgehead atoms. The Morgan fingerprint density at radius 2 is 1.80 bits per heavy atom. The third-order valence-corrected chi connectivity index (χ3v) is 2.62. The molecule has 2 nitrogen and oxygen atoms in total. The summed E-state index contributed by atoms with van der Waals surface area (Å²) in [6.07, 6.45) is 0. The summed E-state index contributed by atoms with van der Waals surface area (Å²) in [5.74, 6) is 0.956. The Hall–Kier alpha value is -1.02. The van der Waals surface area contributed by atoms with E-state index >= 15 is 0 Å². The van der Waals surface area contributed by atoms with E-state index < -0.39 is 0 Å². The van der Waals surface area contributed by atoms with Crippen LogP contribution in [0.25, 0.3) is 0 Å². The molecule has 0 atom stereocenters. The van der Waals surface area contributed by atoms with Crippen LogP contribution in [0.3, 0.4) is 0 Å². The predicted octanol–water partition coefficient (Wildman–Crippen LogP) is 2.71. The molecule has 1 aromatic rings. The van der Waals surface area contributed by atoms with Gasteiger partial charge in [-0.1, -0.05) is 17.7 Å². The van der Waals surface area contributed by atoms with Crippen molar-refractivity contribution < 1.29 is 4.74 Å². The second-order valence-corrected chi connectivity index (χ2v) is 4.24. The minimum atomic E-state index is 0.576. The minimum absolute atomic E-state index is 0.576. The van der Waals surface area contributed by atoms with E-state index in [1.165, 1.54) is 5.56 Å². The van der Waals surface area contributed by atoms with Gasteiger partial charge in [0.25, 0.3) is 0 Å². The Labute approximate surface area is 92.9 Å². The van der Waals surface area contributed by atoms with E-state index in [2.05, 4.69) is 44.9 Å². The van der Waals surface area contributed by atoms with Crippen LogP contribution in [0.1, 0.15) is 19.4 Å². The van der Waals surface area contributed by atoms with Gasteiger partial charge < -0.3 is 9.64 Å². The number of ether oxygens (including phenoxy) is 1. The zero-order valence-corrected chi connectivity index (χ0v) is 10.2. The van der Waals surface area contributed by atoms with Gasteiger partial charge in [0.2, 0.25) is 0 Å². The van der Waals surface area contributed by atoms with Crippen LogP contribution in [0.5, 0.6) is 5.75 Å². The second-order valence-electron chi connectivity index (χ2n) is 4.24. The van der Waals surface area contributed by atoms with Crippen molar-refractivity contribution in [1.82, 2.24) is 4.90 Å². The minimum Gasteiger partial charge on any atom is -0.492 e. The molecule has 0 radical (unpaired) electrons. The molecule has 0 N–H and O–H groups in total. The number of rotatable bonds is 5. The van der Waals surface area contributed by atoms with Crippen molar-refractivity contribution in [2.24, 2.45) is 0 Å². The molecular weight excluding hydrogens is 186 g/mol. The Bertz CT molecular complexity index is 279. The van der Waals surface area contributed by atoms with Crippen molar-refractivity contribution in [3.05, 3.63) is 29.8 Å². The molecule has 0 saturated heterocycles. The first kappa shape index (κ1) is 12.1. The van der Waals surface area contributed by atoms with Gasteiger partial charge >= 0.3 is 0 Å². The molecular formula is C13H21NO. The van der Waals surface area contributed by atoms with E-state index in [9.17, 15) is 0 Å². The highest BCUT2D eigenvalue weighted by Crippen LogP contribution is 2.11. The van der Waals surface area contributed by atoms with Gasteiger partial charge in [0, 0.05) is 12.6 Å². The highest BCUT2D eigenvalue weighted by Gasteiger charge is 2.02. The number of nitrogens with zero attached hydrogens (tertiary/aromatic N) is 1. The van der Waals surface area contributed by atoms with Gasteiger partial charge in [-0.25, -0.2) is 0 Å². The maximum atomic E-state index is 5.64. The van der Waals surface area contributed by atoms with Crippen LogP contribution in [0.2, 0.25) is 0 Å². The summed E-state index contributed by atoms with van der Waals surface area (Å²) in [4.78, 5) is 2.27. The van der Waals surface area contributed by atoms with Crippen molar-refractivity contribution in [1.29, 1.82) is 0 Å². The molecule has 0 aliphatic rings. The molecule has 2 heteroatoms. The fourth-order valence-corrected chi connectivity index (χ4v) is 1.20. The quantitative estimate of drug-likeness (QED) is 0.736. The summed E-state index contributed by atoms with van der Waals surface area (Å²) < 4.78 is 5.64. The third-order valence-electron chi connectivity index (χ3n) is 2.62. The molecule has 0 fully saturated rings. The smallest absolute Gasteiger partial charge is 0.119 e. The van der Waals surface area contributed by atoms with Crippen molar-refractivity contribution in [2.75, 3.05) is 20.2 Å². The molecule has 84 valence electrons. The average molecular weight is 207 g/mol. The van der Waals surface area contributed by atoms with Crippen LogP contribution >= 0.6 is 0 Å². The van der Waals surface area contributed by atoms with Crippen molar-refractivity contribution in [2.45, 2.75) is 26.8 Å². The van der Waals surface area contributed by atoms with Gasteiger partial charge in [0.15, 0.2) is 0 Å². The van der Waals surface area contributed by atoms with E-state index in [0.717, 1.165) is 18.9 Å². The number of hydrogen-bond acceptors (Lipinski definition) is 2. The lowest BCUT2D eigenvalue weighted by molar-refractivity contribution is 0.208. The van der Waals surface area contributed by atoms with Crippen LogP contribution in [0.4, 0.5) is 0 Å². The van der Waals surface area contributed by atoms with Crippen molar-refractivity contribution in [3.63, 3.8) is 0 Å². The molecule has 1 aromatic carbocycles. The van der Waals surface area contributed by atoms with E-state index in [-0.39, 0.29) is 0 Å². The molecule has 0 unspecified atom stereocenters. The summed E-state index contributed by atoms with van der Waals surface area (Å²) in [6.45, 7) is 8.16. The zero-order valence-electron chi connectivity index (χ0n) is 10.2. The molecule has 0 amide bonds. The lowest BCUT2D eigenvalue weighted by atomic mass is 10.2. The standard InChI is InChI=1S/C13H21NO/c1-11(2)14(4)9-10-15-13-7-5-12(3)6-8-13/h5-8,11H,9-10H2,1-4H3. The van der Waals surface area contributed by atoms with Gasteiger partial charge in [0.1, 0.15) is 12.4 Å². The van der Waals surface area contributed by atoms with Crippen molar-refractivity contribution >= 4 is 0 Å². The first-order valence-corrected chi connectivity index (χ1v) is 5.49. The van der Waals surface area contributed by atoms with Crippen LogP contribution < -0.4 is 4.74 Å². The number of benzene rings is 1. The van der Waals surface area contributed by atoms with E-state index in [1.54, 1.807) is 0 Å². The summed E-state index contributed by atoms with van der Waals surface area (Å²) in [5, 5.41) is 0. The van der Waals surface area contributed by atoms with Crippen LogP contribution in [-0.2, 0) is 0 Å². The molecule has 0 aliphatic carbocycles. The van der Waals surface area contributed by atoms with E-state index in [4.69, 9.17) is 4.74 Å².